The van der Waals surface area contributed by atoms with Gasteiger partial charge in [-0.15, -0.1) is 11.3 Å². The molecule has 5 rings (SSSR count). The van der Waals surface area contributed by atoms with Gasteiger partial charge in [0.05, 0.1) is 21.1 Å². The van der Waals surface area contributed by atoms with Crippen LogP contribution in [-0.4, -0.2) is 25.0 Å². The number of fused-ring (bicyclic) bond motifs is 2. The Labute approximate surface area is 163 Å². The van der Waals surface area contributed by atoms with E-state index in [1.54, 1.807) is 23.7 Å². The largest absolute Gasteiger partial charge is 0.503 e. The molecule has 0 atom stereocenters. The third-order valence-electron chi connectivity index (χ3n) is 4.58. The van der Waals surface area contributed by atoms with E-state index in [9.17, 15) is 9.90 Å². The second kappa shape index (κ2) is 6.24. The molecule has 0 bridgehead atoms. The van der Waals surface area contributed by atoms with Crippen molar-refractivity contribution < 1.29 is 5.11 Å². The highest BCUT2D eigenvalue weighted by Gasteiger charge is 2.15. The molecule has 7 heteroatoms. The van der Waals surface area contributed by atoms with Gasteiger partial charge in [0.1, 0.15) is 5.65 Å². The zero-order chi connectivity index (χ0) is 19.3. The van der Waals surface area contributed by atoms with Gasteiger partial charge in [0.25, 0.3) is 5.56 Å². The molecule has 0 saturated carbocycles. The minimum absolute atomic E-state index is 0.329. The first-order valence-electron chi connectivity index (χ1n) is 8.63. The lowest BCUT2D eigenvalue weighted by molar-refractivity contribution is 0.468. The predicted octanol–water partition coefficient (Wildman–Crippen LogP) is 4.28. The van der Waals surface area contributed by atoms with Gasteiger partial charge in [0.2, 0.25) is 0 Å². The minimum atomic E-state index is -0.559. The first kappa shape index (κ1) is 16.6. The standard InChI is InChI=1S/C21H14N4O2S/c1-11-23-10-18(28-11)19-15(8-14-9-17(26)21(27)25-20(14)24-19)12-4-5-16-13(7-12)3-2-6-22-16/h2-10,26H,1H3,(H,24,25,27). The number of hydrogen-bond acceptors (Lipinski definition) is 6. The molecule has 28 heavy (non-hydrogen) atoms. The first-order chi connectivity index (χ1) is 13.6. The Morgan fingerprint density at radius 1 is 1.07 bits per heavy atom. The molecule has 1 aromatic carbocycles. The Bertz CT molecular complexity index is 1420. The molecule has 0 saturated heterocycles. The maximum atomic E-state index is 11.8. The summed E-state index contributed by atoms with van der Waals surface area (Å²) in [6, 6.07) is 13.3. The Kier molecular flexibility index (Phi) is 3.70. The number of pyridine rings is 3. The lowest BCUT2D eigenvalue weighted by Crippen LogP contribution is -2.06. The Hall–Kier alpha value is -3.58. The second-order valence-electron chi connectivity index (χ2n) is 6.46. The van der Waals surface area contributed by atoms with E-state index < -0.39 is 5.56 Å². The van der Waals surface area contributed by atoms with Gasteiger partial charge < -0.3 is 10.1 Å². The summed E-state index contributed by atoms with van der Waals surface area (Å²) in [6.07, 6.45) is 3.56. The van der Waals surface area contributed by atoms with Gasteiger partial charge in [0.15, 0.2) is 5.75 Å². The third kappa shape index (κ3) is 2.73. The second-order valence-corrected chi connectivity index (χ2v) is 7.70. The minimum Gasteiger partial charge on any atom is -0.503 e. The van der Waals surface area contributed by atoms with Crippen LogP contribution in [0.5, 0.6) is 5.75 Å². The summed E-state index contributed by atoms with van der Waals surface area (Å²) in [5.41, 5.74) is 3.39. The summed E-state index contributed by atoms with van der Waals surface area (Å²) in [5, 5.41) is 12.4. The fourth-order valence-corrected chi connectivity index (χ4v) is 4.03. The summed E-state index contributed by atoms with van der Waals surface area (Å²) >= 11 is 1.54. The molecule has 0 amide bonds. The average Bonchev–Trinajstić information content (AvgIpc) is 3.14. The molecule has 2 N–H and O–H groups in total. The Morgan fingerprint density at radius 2 is 1.96 bits per heavy atom. The summed E-state index contributed by atoms with van der Waals surface area (Å²) < 4.78 is 0. The fraction of sp³-hybridized carbons (Fsp3) is 0.0476. The zero-order valence-electron chi connectivity index (χ0n) is 14.8. The molecular formula is C21H14N4O2S. The van der Waals surface area contributed by atoms with Gasteiger partial charge in [-0.05, 0) is 42.8 Å². The van der Waals surface area contributed by atoms with Crippen molar-refractivity contribution >= 4 is 33.3 Å². The SMILES string of the molecule is Cc1ncc(-c2nc3[nH]c(=O)c(O)cc3cc2-c2ccc3ncccc3c2)s1. The van der Waals surface area contributed by atoms with E-state index in [2.05, 4.69) is 21.0 Å². The van der Waals surface area contributed by atoms with Crippen LogP contribution in [0.2, 0.25) is 0 Å². The number of aromatic amines is 1. The highest BCUT2D eigenvalue weighted by Crippen LogP contribution is 2.36. The molecular weight excluding hydrogens is 372 g/mol. The lowest BCUT2D eigenvalue weighted by Gasteiger charge is -2.11. The fourth-order valence-electron chi connectivity index (χ4n) is 3.25. The van der Waals surface area contributed by atoms with E-state index in [0.29, 0.717) is 11.0 Å². The molecule has 6 nitrogen and oxygen atoms in total. The van der Waals surface area contributed by atoms with Crippen molar-refractivity contribution in [3.05, 3.63) is 70.2 Å². The topological polar surface area (TPSA) is 91.8 Å². The van der Waals surface area contributed by atoms with Crippen molar-refractivity contribution in [2.45, 2.75) is 6.92 Å². The van der Waals surface area contributed by atoms with E-state index in [0.717, 1.165) is 37.6 Å². The number of hydrogen-bond donors (Lipinski definition) is 2. The number of benzene rings is 1. The molecule has 0 unspecified atom stereocenters. The molecule has 0 aliphatic heterocycles. The van der Waals surface area contributed by atoms with Gasteiger partial charge in [-0.3, -0.25) is 9.78 Å². The molecule has 4 aromatic heterocycles. The monoisotopic (exact) mass is 386 g/mol. The van der Waals surface area contributed by atoms with Crippen LogP contribution in [0.4, 0.5) is 0 Å². The highest BCUT2D eigenvalue weighted by molar-refractivity contribution is 7.15. The van der Waals surface area contributed by atoms with Crippen LogP contribution in [0, 0.1) is 6.92 Å². The average molecular weight is 386 g/mol. The molecule has 136 valence electrons. The molecule has 5 aromatic rings. The van der Waals surface area contributed by atoms with Crippen LogP contribution >= 0.6 is 11.3 Å². The number of H-pyrrole nitrogens is 1. The van der Waals surface area contributed by atoms with Gasteiger partial charge in [0, 0.05) is 28.7 Å². The number of nitrogens with zero attached hydrogens (tertiary/aromatic N) is 3. The number of aromatic hydroxyl groups is 1. The number of aromatic nitrogens is 4. The van der Waals surface area contributed by atoms with Crippen molar-refractivity contribution in [3.63, 3.8) is 0 Å². The predicted molar refractivity (Wildman–Crippen MR) is 111 cm³/mol. The first-order valence-corrected chi connectivity index (χ1v) is 9.45. The summed E-state index contributed by atoms with van der Waals surface area (Å²) in [5.74, 6) is -0.329. The van der Waals surface area contributed by atoms with E-state index in [-0.39, 0.29) is 5.75 Å². The van der Waals surface area contributed by atoms with Crippen LogP contribution in [0.1, 0.15) is 5.01 Å². The lowest BCUT2D eigenvalue weighted by atomic mass is 10.00. The summed E-state index contributed by atoms with van der Waals surface area (Å²) in [7, 11) is 0. The quantitative estimate of drug-likeness (QED) is 0.473. The van der Waals surface area contributed by atoms with E-state index in [4.69, 9.17) is 4.98 Å². The number of nitrogens with one attached hydrogen (secondary N) is 1. The van der Waals surface area contributed by atoms with Crippen LogP contribution in [0.15, 0.2) is 59.7 Å². The molecule has 0 aliphatic rings. The van der Waals surface area contributed by atoms with Gasteiger partial charge in [-0.25, -0.2) is 9.97 Å². The van der Waals surface area contributed by atoms with Crippen LogP contribution in [0.3, 0.4) is 0 Å². The normalized spacial score (nSPS) is 11.3. The molecule has 0 fully saturated rings. The smallest absolute Gasteiger partial charge is 0.291 e. The van der Waals surface area contributed by atoms with E-state index >= 15 is 0 Å². The van der Waals surface area contributed by atoms with Crippen LogP contribution in [-0.2, 0) is 0 Å². The number of rotatable bonds is 2. The van der Waals surface area contributed by atoms with Gasteiger partial charge >= 0.3 is 0 Å². The maximum Gasteiger partial charge on any atom is 0.291 e. The summed E-state index contributed by atoms with van der Waals surface area (Å²) in [4.78, 5) is 28.8. The number of thiazole rings is 1. The third-order valence-corrected chi connectivity index (χ3v) is 5.50. The van der Waals surface area contributed by atoms with E-state index in [1.165, 1.54) is 6.07 Å². The van der Waals surface area contributed by atoms with Crippen LogP contribution in [0.25, 0.3) is 43.6 Å². The van der Waals surface area contributed by atoms with Crippen molar-refractivity contribution in [2.75, 3.05) is 0 Å². The number of aryl methyl sites for hydroxylation is 1. The van der Waals surface area contributed by atoms with Crippen molar-refractivity contribution in [1.82, 2.24) is 19.9 Å². The van der Waals surface area contributed by atoms with Crippen molar-refractivity contribution in [3.8, 4) is 27.4 Å². The molecule has 4 heterocycles. The van der Waals surface area contributed by atoms with E-state index in [1.807, 2.05) is 37.3 Å². The van der Waals surface area contributed by atoms with Gasteiger partial charge in [-0.2, -0.15) is 0 Å². The van der Waals surface area contributed by atoms with Crippen molar-refractivity contribution in [1.29, 1.82) is 0 Å². The Morgan fingerprint density at radius 3 is 2.79 bits per heavy atom. The Balaban J connectivity index is 1.83. The zero-order valence-corrected chi connectivity index (χ0v) is 15.6. The molecule has 0 aliphatic carbocycles. The summed E-state index contributed by atoms with van der Waals surface area (Å²) in [6.45, 7) is 1.94. The van der Waals surface area contributed by atoms with Gasteiger partial charge in [-0.1, -0.05) is 12.1 Å². The maximum absolute atomic E-state index is 11.8. The highest BCUT2D eigenvalue weighted by atomic mass is 32.1. The molecule has 0 spiro atoms. The van der Waals surface area contributed by atoms with Crippen molar-refractivity contribution in [2.24, 2.45) is 0 Å². The molecule has 0 radical (unpaired) electrons. The van der Waals surface area contributed by atoms with Crippen LogP contribution < -0.4 is 5.56 Å².